The van der Waals surface area contributed by atoms with E-state index in [0.29, 0.717) is 13.0 Å². The maximum absolute atomic E-state index is 11.8. The van der Waals surface area contributed by atoms with Crippen LogP contribution in [0.4, 0.5) is 0 Å². The Labute approximate surface area is 102 Å². The molecule has 5 heteroatoms. The SMILES string of the molecule is C=CC(=O)NCCC(=O)N1CCN(CC)CC1. The van der Waals surface area contributed by atoms with Crippen LogP contribution in [-0.4, -0.2) is 60.9 Å². The predicted molar refractivity (Wildman–Crippen MR) is 66.5 cm³/mol. The summed E-state index contributed by atoms with van der Waals surface area (Å²) in [6.45, 7) is 10.4. The Kier molecular flexibility index (Phi) is 5.69. The minimum atomic E-state index is -0.228. The van der Waals surface area contributed by atoms with Crippen molar-refractivity contribution in [2.24, 2.45) is 0 Å². The summed E-state index contributed by atoms with van der Waals surface area (Å²) in [5, 5.41) is 2.61. The lowest BCUT2D eigenvalue weighted by Gasteiger charge is -2.34. The normalized spacial score (nSPS) is 16.6. The van der Waals surface area contributed by atoms with E-state index in [0.717, 1.165) is 32.7 Å². The zero-order valence-corrected chi connectivity index (χ0v) is 10.4. The first kappa shape index (κ1) is 13.7. The van der Waals surface area contributed by atoms with Crippen LogP contribution in [-0.2, 0) is 9.59 Å². The molecular formula is C12H21N3O2. The molecule has 1 N–H and O–H groups in total. The van der Waals surface area contributed by atoms with E-state index < -0.39 is 0 Å². The molecule has 1 fully saturated rings. The van der Waals surface area contributed by atoms with Gasteiger partial charge in [-0.05, 0) is 12.6 Å². The molecule has 96 valence electrons. The summed E-state index contributed by atoms with van der Waals surface area (Å²) in [4.78, 5) is 26.9. The van der Waals surface area contributed by atoms with E-state index in [1.54, 1.807) is 0 Å². The Morgan fingerprint density at radius 2 is 1.94 bits per heavy atom. The zero-order valence-electron chi connectivity index (χ0n) is 10.4. The van der Waals surface area contributed by atoms with Gasteiger partial charge in [-0.15, -0.1) is 0 Å². The van der Waals surface area contributed by atoms with Gasteiger partial charge in [0.25, 0.3) is 0 Å². The standard InChI is InChI=1S/C12H21N3O2/c1-3-11(16)13-6-5-12(17)15-9-7-14(4-2)8-10-15/h3H,1,4-10H2,2H3,(H,13,16). The Morgan fingerprint density at radius 1 is 1.29 bits per heavy atom. The molecule has 0 unspecified atom stereocenters. The van der Waals surface area contributed by atoms with Crippen molar-refractivity contribution in [2.45, 2.75) is 13.3 Å². The zero-order chi connectivity index (χ0) is 12.7. The molecule has 1 aliphatic rings. The Balaban J connectivity index is 2.20. The average molecular weight is 239 g/mol. The summed E-state index contributed by atoms with van der Waals surface area (Å²) < 4.78 is 0. The molecule has 2 amide bonds. The maximum atomic E-state index is 11.8. The van der Waals surface area contributed by atoms with Crippen LogP contribution in [0.25, 0.3) is 0 Å². The fraction of sp³-hybridized carbons (Fsp3) is 0.667. The fourth-order valence-corrected chi connectivity index (χ4v) is 1.84. The Hall–Kier alpha value is -1.36. The van der Waals surface area contributed by atoms with E-state index in [2.05, 4.69) is 23.7 Å². The smallest absolute Gasteiger partial charge is 0.243 e. The molecule has 1 rings (SSSR count). The summed E-state index contributed by atoms with van der Waals surface area (Å²) in [5.41, 5.74) is 0. The molecule has 1 saturated heterocycles. The first-order valence-corrected chi connectivity index (χ1v) is 6.07. The van der Waals surface area contributed by atoms with E-state index >= 15 is 0 Å². The summed E-state index contributed by atoms with van der Waals surface area (Å²) in [5.74, 6) is -0.112. The van der Waals surface area contributed by atoms with Gasteiger partial charge >= 0.3 is 0 Å². The molecule has 5 nitrogen and oxygen atoms in total. The van der Waals surface area contributed by atoms with Gasteiger partial charge in [0.2, 0.25) is 11.8 Å². The first-order valence-electron chi connectivity index (χ1n) is 6.07. The number of nitrogens with one attached hydrogen (secondary N) is 1. The maximum Gasteiger partial charge on any atom is 0.243 e. The molecule has 0 bridgehead atoms. The van der Waals surface area contributed by atoms with E-state index in [1.165, 1.54) is 6.08 Å². The highest BCUT2D eigenvalue weighted by Crippen LogP contribution is 2.02. The molecule has 0 aromatic carbocycles. The molecule has 0 aromatic heterocycles. The second-order valence-electron chi connectivity index (χ2n) is 4.06. The fourth-order valence-electron chi connectivity index (χ4n) is 1.84. The van der Waals surface area contributed by atoms with Crippen LogP contribution >= 0.6 is 0 Å². The summed E-state index contributed by atoms with van der Waals surface area (Å²) in [6.07, 6.45) is 1.58. The monoisotopic (exact) mass is 239 g/mol. The van der Waals surface area contributed by atoms with Crippen molar-refractivity contribution in [3.63, 3.8) is 0 Å². The van der Waals surface area contributed by atoms with Crippen LogP contribution in [0.1, 0.15) is 13.3 Å². The minimum Gasteiger partial charge on any atom is -0.352 e. The summed E-state index contributed by atoms with van der Waals surface area (Å²) in [7, 11) is 0. The minimum absolute atomic E-state index is 0.116. The molecule has 0 aromatic rings. The molecule has 17 heavy (non-hydrogen) atoms. The number of amides is 2. The molecule has 0 saturated carbocycles. The van der Waals surface area contributed by atoms with Crippen molar-refractivity contribution in [3.05, 3.63) is 12.7 Å². The lowest BCUT2D eigenvalue weighted by molar-refractivity contribution is -0.132. The highest BCUT2D eigenvalue weighted by Gasteiger charge is 2.19. The van der Waals surface area contributed by atoms with Gasteiger partial charge in [-0.3, -0.25) is 9.59 Å². The second-order valence-corrected chi connectivity index (χ2v) is 4.06. The lowest BCUT2D eigenvalue weighted by atomic mass is 10.2. The topological polar surface area (TPSA) is 52.7 Å². The van der Waals surface area contributed by atoms with Crippen LogP contribution in [0.2, 0.25) is 0 Å². The number of likely N-dealkylation sites (N-methyl/N-ethyl adjacent to an activating group) is 1. The average Bonchev–Trinajstić information content (AvgIpc) is 2.38. The summed E-state index contributed by atoms with van der Waals surface area (Å²) in [6, 6.07) is 0. The highest BCUT2D eigenvalue weighted by atomic mass is 16.2. The quantitative estimate of drug-likeness (QED) is 0.678. The molecule has 1 aliphatic heterocycles. The Bertz CT molecular complexity index is 283. The van der Waals surface area contributed by atoms with Crippen LogP contribution in [0, 0.1) is 0 Å². The number of carbonyl (C=O) groups is 2. The van der Waals surface area contributed by atoms with Crippen LogP contribution in [0.3, 0.4) is 0 Å². The number of rotatable bonds is 5. The van der Waals surface area contributed by atoms with Crippen LogP contribution < -0.4 is 5.32 Å². The van der Waals surface area contributed by atoms with Gasteiger partial charge < -0.3 is 15.1 Å². The van der Waals surface area contributed by atoms with Crippen molar-refractivity contribution < 1.29 is 9.59 Å². The number of piperazine rings is 1. The molecule has 0 atom stereocenters. The van der Waals surface area contributed by atoms with Gasteiger partial charge in [0.1, 0.15) is 0 Å². The second kappa shape index (κ2) is 7.06. The molecule has 0 spiro atoms. The molecule has 0 radical (unpaired) electrons. The predicted octanol–water partition coefficient (Wildman–Crippen LogP) is -0.157. The van der Waals surface area contributed by atoms with E-state index in [9.17, 15) is 9.59 Å². The van der Waals surface area contributed by atoms with E-state index in [-0.39, 0.29) is 11.8 Å². The number of hydrogen-bond donors (Lipinski definition) is 1. The van der Waals surface area contributed by atoms with Crippen molar-refractivity contribution in [1.29, 1.82) is 0 Å². The van der Waals surface area contributed by atoms with Crippen LogP contribution in [0.15, 0.2) is 12.7 Å². The Morgan fingerprint density at radius 3 is 2.47 bits per heavy atom. The van der Waals surface area contributed by atoms with Gasteiger partial charge in [-0.1, -0.05) is 13.5 Å². The highest BCUT2D eigenvalue weighted by molar-refractivity contribution is 5.87. The van der Waals surface area contributed by atoms with Gasteiger partial charge in [-0.2, -0.15) is 0 Å². The molecular weight excluding hydrogens is 218 g/mol. The number of carbonyl (C=O) groups excluding carboxylic acids is 2. The van der Waals surface area contributed by atoms with Gasteiger partial charge in [0.05, 0.1) is 0 Å². The van der Waals surface area contributed by atoms with Crippen molar-refractivity contribution in [2.75, 3.05) is 39.3 Å². The largest absolute Gasteiger partial charge is 0.352 e. The molecule has 1 heterocycles. The van der Waals surface area contributed by atoms with Crippen molar-refractivity contribution >= 4 is 11.8 Å². The third-order valence-corrected chi connectivity index (χ3v) is 3.00. The number of hydrogen-bond acceptors (Lipinski definition) is 3. The third-order valence-electron chi connectivity index (χ3n) is 3.00. The lowest BCUT2D eigenvalue weighted by Crippen LogP contribution is -2.48. The van der Waals surface area contributed by atoms with Gasteiger partial charge in [0, 0.05) is 39.1 Å². The third kappa shape index (κ3) is 4.56. The summed E-state index contributed by atoms with van der Waals surface area (Å²) >= 11 is 0. The molecule has 0 aliphatic carbocycles. The van der Waals surface area contributed by atoms with E-state index in [1.807, 2.05) is 4.90 Å². The first-order chi connectivity index (χ1) is 8.17. The van der Waals surface area contributed by atoms with Gasteiger partial charge in [-0.25, -0.2) is 0 Å². The number of nitrogens with zero attached hydrogens (tertiary/aromatic N) is 2. The van der Waals surface area contributed by atoms with Gasteiger partial charge in [0.15, 0.2) is 0 Å². The van der Waals surface area contributed by atoms with Crippen LogP contribution in [0.5, 0.6) is 0 Å². The van der Waals surface area contributed by atoms with Crippen molar-refractivity contribution in [1.82, 2.24) is 15.1 Å². The van der Waals surface area contributed by atoms with Crippen molar-refractivity contribution in [3.8, 4) is 0 Å². The van der Waals surface area contributed by atoms with E-state index in [4.69, 9.17) is 0 Å².